The van der Waals surface area contributed by atoms with Crippen molar-refractivity contribution in [1.29, 1.82) is 0 Å². The van der Waals surface area contributed by atoms with Crippen molar-refractivity contribution >= 4 is 7.81 Å². The number of imidazole rings is 1. The number of halogens is 6. The summed E-state index contributed by atoms with van der Waals surface area (Å²) in [5, 5.41) is 0. The first-order valence-electron chi connectivity index (χ1n) is 3.71. The van der Waals surface area contributed by atoms with Crippen molar-refractivity contribution in [3.05, 3.63) is 18.2 Å². The van der Waals surface area contributed by atoms with Crippen molar-refractivity contribution in [2.45, 2.75) is 14.4 Å². The molecule has 0 atom stereocenters. The van der Waals surface area contributed by atoms with Crippen LogP contribution in [-0.4, -0.2) is 4.57 Å². The zero-order chi connectivity index (χ0) is 12.6. The minimum absolute atomic E-state index is 0. The molecule has 0 aliphatic rings. The van der Waals surface area contributed by atoms with Crippen molar-refractivity contribution in [2.24, 2.45) is 14.1 Å². The van der Waals surface area contributed by atoms with Gasteiger partial charge in [-0.2, -0.15) is 0 Å². The summed E-state index contributed by atoms with van der Waals surface area (Å²) in [6.07, 6.45) is 4.07. The summed E-state index contributed by atoms with van der Waals surface area (Å²) in [6.45, 7) is 2.08. The van der Waals surface area contributed by atoms with Crippen LogP contribution in [0.5, 0.6) is 0 Å². The first kappa shape index (κ1) is 17.6. The average Bonchev–Trinajstić information content (AvgIpc) is 2.13. The molecule has 0 fully saturated rings. The standard InChI is InChI=1S/C6H11N2.CH4.F6P/c1-6-7(2)4-5-8(6)3;;1-7(2,3,4,5)6/h4-5H,1-3H3;1H4;/q+1;;-1. The van der Waals surface area contributed by atoms with Crippen LogP contribution < -0.4 is 4.57 Å². The van der Waals surface area contributed by atoms with Gasteiger partial charge in [-0.1, -0.05) is 7.43 Å². The van der Waals surface area contributed by atoms with Gasteiger partial charge in [0.1, 0.15) is 12.4 Å². The van der Waals surface area contributed by atoms with Gasteiger partial charge in [0.25, 0.3) is 5.82 Å². The maximum atomic E-state index is 9.87. The maximum absolute atomic E-state index is 10.7. The van der Waals surface area contributed by atoms with E-state index in [4.69, 9.17) is 0 Å². The fourth-order valence-electron chi connectivity index (χ4n) is 0.665. The molecule has 1 aromatic heterocycles. The Balaban J connectivity index is 0. The Morgan fingerprint density at radius 3 is 1.50 bits per heavy atom. The van der Waals surface area contributed by atoms with Crippen molar-refractivity contribution in [2.75, 3.05) is 0 Å². The molecule has 0 spiro atoms. The van der Waals surface area contributed by atoms with Crippen LogP contribution in [0.2, 0.25) is 0 Å². The summed E-state index contributed by atoms with van der Waals surface area (Å²) in [5.41, 5.74) is 0. The molecule has 0 bridgehead atoms. The zero-order valence-corrected chi connectivity index (χ0v) is 9.16. The summed E-state index contributed by atoms with van der Waals surface area (Å²) in [5.74, 6) is 1.27. The van der Waals surface area contributed by atoms with Crippen molar-refractivity contribution in [3.63, 3.8) is 0 Å². The first-order valence-corrected chi connectivity index (χ1v) is 5.73. The van der Waals surface area contributed by atoms with Gasteiger partial charge < -0.3 is 0 Å². The summed E-state index contributed by atoms with van der Waals surface area (Å²) in [4.78, 5) is 0. The van der Waals surface area contributed by atoms with Gasteiger partial charge in [-0.05, 0) is 0 Å². The molecule has 0 aliphatic heterocycles. The van der Waals surface area contributed by atoms with Crippen LogP contribution in [0.1, 0.15) is 13.3 Å². The summed E-state index contributed by atoms with van der Waals surface area (Å²) < 4.78 is 63.4. The van der Waals surface area contributed by atoms with E-state index in [0.29, 0.717) is 0 Å². The van der Waals surface area contributed by atoms with Crippen LogP contribution in [0.25, 0.3) is 0 Å². The molecule has 16 heavy (non-hydrogen) atoms. The number of hydrogen-bond acceptors (Lipinski definition) is 0. The molecule has 0 unspecified atom stereocenters. The van der Waals surface area contributed by atoms with Gasteiger partial charge in [-0.25, -0.2) is 9.13 Å². The summed E-state index contributed by atoms with van der Waals surface area (Å²) in [6, 6.07) is 0. The molecule has 0 amide bonds. The third-order valence-corrected chi connectivity index (χ3v) is 1.53. The molecule has 0 aromatic carbocycles. The number of aryl methyl sites for hydroxylation is 2. The number of aromatic nitrogens is 2. The molecular formula is C7H15F6N2P. The second-order valence-corrected chi connectivity index (χ2v) is 4.94. The van der Waals surface area contributed by atoms with E-state index in [1.54, 1.807) is 0 Å². The normalized spacial score (nSPS) is 15.1. The molecular weight excluding hydrogens is 257 g/mol. The number of nitrogens with zero attached hydrogens (tertiary/aromatic N) is 2. The molecule has 0 saturated carbocycles. The molecule has 1 aromatic rings. The predicted molar refractivity (Wildman–Crippen MR) is 51.6 cm³/mol. The van der Waals surface area contributed by atoms with Crippen molar-refractivity contribution in [3.8, 4) is 0 Å². The Kier molecular flexibility index (Phi) is 4.30. The second-order valence-electron chi connectivity index (χ2n) is 3.03. The fourth-order valence-corrected chi connectivity index (χ4v) is 0.665. The van der Waals surface area contributed by atoms with Crippen LogP contribution in [0.4, 0.5) is 25.2 Å². The van der Waals surface area contributed by atoms with Gasteiger partial charge in [0.05, 0.1) is 14.1 Å². The third-order valence-electron chi connectivity index (χ3n) is 1.53. The number of rotatable bonds is 0. The van der Waals surface area contributed by atoms with Gasteiger partial charge in [0.15, 0.2) is 0 Å². The van der Waals surface area contributed by atoms with Crippen molar-refractivity contribution in [1.82, 2.24) is 4.57 Å². The van der Waals surface area contributed by atoms with Crippen LogP contribution in [-0.2, 0) is 14.1 Å². The predicted octanol–water partition coefficient (Wildman–Crippen LogP) is 4.18. The third kappa shape index (κ3) is 13.2. The SMILES string of the molecule is C.Cc1n(C)cc[n+]1C.F[P-](F)(F)(F)(F)F. The Labute approximate surface area is 89.7 Å². The molecule has 9 heteroatoms. The molecule has 100 valence electrons. The van der Waals surface area contributed by atoms with E-state index in [-0.39, 0.29) is 7.43 Å². The van der Waals surface area contributed by atoms with Gasteiger partial charge in [0, 0.05) is 6.92 Å². The first-order chi connectivity index (χ1) is 6.16. The van der Waals surface area contributed by atoms with E-state index in [2.05, 4.69) is 16.1 Å². The Morgan fingerprint density at radius 1 is 1.12 bits per heavy atom. The summed E-state index contributed by atoms with van der Waals surface area (Å²) >= 11 is 0. The minimum atomic E-state index is -10.7. The Bertz CT molecular complexity index is 320. The Morgan fingerprint density at radius 2 is 1.44 bits per heavy atom. The molecule has 0 N–H and O–H groups in total. The van der Waals surface area contributed by atoms with Gasteiger partial charge in [-0.15, -0.1) is 0 Å². The molecule has 0 radical (unpaired) electrons. The zero-order valence-electron chi connectivity index (χ0n) is 8.26. The molecule has 0 saturated heterocycles. The number of hydrogen-bond donors (Lipinski definition) is 0. The fraction of sp³-hybridized carbons (Fsp3) is 0.571. The topological polar surface area (TPSA) is 8.81 Å². The van der Waals surface area contributed by atoms with Crippen LogP contribution >= 0.6 is 7.81 Å². The van der Waals surface area contributed by atoms with E-state index in [1.165, 1.54) is 5.82 Å². The van der Waals surface area contributed by atoms with Crippen molar-refractivity contribution < 1.29 is 29.7 Å². The molecule has 1 rings (SSSR count). The quantitative estimate of drug-likeness (QED) is 0.380. The van der Waals surface area contributed by atoms with Gasteiger partial charge in [0.2, 0.25) is 0 Å². The average molecular weight is 272 g/mol. The van der Waals surface area contributed by atoms with Crippen LogP contribution in [0.3, 0.4) is 0 Å². The van der Waals surface area contributed by atoms with Crippen LogP contribution in [0, 0.1) is 6.92 Å². The van der Waals surface area contributed by atoms with E-state index in [9.17, 15) is 25.2 Å². The summed E-state index contributed by atoms with van der Waals surface area (Å²) in [7, 11) is -6.58. The molecule has 1 heterocycles. The monoisotopic (exact) mass is 272 g/mol. The van der Waals surface area contributed by atoms with E-state index >= 15 is 0 Å². The second kappa shape index (κ2) is 3.91. The van der Waals surface area contributed by atoms with E-state index in [0.717, 1.165) is 0 Å². The van der Waals surface area contributed by atoms with Crippen LogP contribution in [0.15, 0.2) is 12.4 Å². The van der Waals surface area contributed by atoms with Gasteiger partial charge >= 0.3 is 33.0 Å². The molecule has 2 nitrogen and oxygen atoms in total. The van der Waals surface area contributed by atoms with E-state index < -0.39 is 7.81 Å². The van der Waals surface area contributed by atoms with E-state index in [1.807, 2.05) is 26.5 Å². The van der Waals surface area contributed by atoms with Gasteiger partial charge in [-0.3, -0.25) is 0 Å². The Hall–Kier alpha value is -0.780. The molecule has 0 aliphatic carbocycles.